The van der Waals surface area contributed by atoms with Crippen LogP contribution < -0.4 is 10.6 Å². The SMILES string of the molecule is CCN(Cc1cnc(N)cn1)c1ccc(F)cc1. The van der Waals surface area contributed by atoms with E-state index in [1.807, 2.05) is 6.92 Å². The monoisotopic (exact) mass is 246 g/mol. The molecule has 0 fully saturated rings. The quantitative estimate of drug-likeness (QED) is 0.898. The summed E-state index contributed by atoms with van der Waals surface area (Å²) in [6.07, 6.45) is 3.19. The average Bonchev–Trinajstić information content (AvgIpc) is 2.39. The van der Waals surface area contributed by atoms with Gasteiger partial charge in [-0.2, -0.15) is 0 Å². The highest BCUT2D eigenvalue weighted by Crippen LogP contribution is 2.16. The van der Waals surface area contributed by atoms with Gasteiger partial charge in [0.05, 0.1) is 24.6 Å². The van der Waals surface area contributed by atoms with Crippen LogP contribution in [0.5, 0.6) is 0 Å². The normalized spacial score (nSPS) is 10.3. The van der Waals surface area contributed by atoms with Crippen molar-refractivity contribution in [2.45, 2.75) is 13.5 Å². The van der Waals surface area contributed by atoms with Crippen LogP contribution in [0, 0.1) is 5.82 Å². The fourth-order valence-corrected chi connectivity index (χ4v) is 1.68. The molecule has 5 heteroatoms. The standard InChI is InChI=1S/C13H15FN4/c1-2-18(12-5-3-10(14)4-6-12)9-11-7-17-13(15)8-16-11/h3-8H,2,9H2,1H3,(H2,15,17). The summed E-state index contributed by atoms with van der Waals surface area (Å²) in [7, 11) is 0. The molecule has 0 spiro atoms. The van der Waals surface area contributed by atoms with Gasteiger partial charge in [0.1, 0.15) is 11.6 Å². The molecule has 1 aromatic carbocycles. The number of halogens is 1. The number of nitrogen functional groups attached to an aromatic ring is 1. The Morgan fingerprint density at radius 2 is 1.89 bits per heavy atom. The van der Waals surface area contributed by atoms with E-state index in [1.165, 1.54) is 18.3 Å². The van der Waals surface area contributed by atoms with Crippen LogP contribution in [0.15, 0.2) is 36.7 Å². The minimum atomic E-state index is -0.234. The van der Waals surface area contributed by atoms with E-state index in [1.54, 1.807) is 18.3 Å². The van der Waals surface area contributed by atoms with Crippen LogP contribution in [0.4, 0.5) is 15.9 Å². The van der Waals surface area contributed by atoms with Crippen LogP contribution in [-0.4, -0.2) is 16.5 Å². The van der Waals surface area contributed by atoms with Crippen molar-refractivity contribution < 1.29 is 4.39 Å². The Morgan fingerprint density at radius 3 is 2.44 bits per heavy atom. The van der Waals surface area contributed by atoms with Gasteiger partial charge in [0.15, 0.2) is 0 Å². The second-order valence-corrected chi connectivity index (χ2v) is 3.92. The fraction of sp³-hybridized carbons (Fsp3) is 0.231. The zero-order valence-corrected chi connectivity index (χ0v) is 10.2. The molecule has 0 saturated heterocycles. The Bertz CT molecular complexity index is 495. The van der Waals surface area contributed by atoms with Gasteiger partial charge in [0, 0.05) is 12.2 Å². The highest BCUT2D eigenvalue weighted by atomic mass is 19.1. The Balaban J connectivity index is 2.14. The van der Waals surface area contributed by atoms with E-state index in [9.17, 15) is 4.39 Å². The number of benzene rings is 1. The molecule has 2 aromatic rings. The van der Waals surface area contributed by atoms with Gasteiger partial charge in [-0.1, -0.05) is 0 Å². The third kappa shape index (κ3) is 2.94. The maximum Gasteiger partial charge on any atom is 0.141 e. The second-order valence-electron chi connectivity index (χ2n) is 3.92. The number of nitrogens with two attached hydrogens (primary N) is 1. The minimum Gasteiger partial charge on any atom is -0.382 e. The van der Waals surface area contributed by atoms with Crippen LogP contribution in [-0.2, 0) is 6.54 Å². The summed E-state index contributed by atoms with van der Waals surface area (Å²) in [6.45, 7) is 3.46. The molecule has 0 saturated carbocycles. The third-order valence-electron chi connectivity index (χ3n) is 2.65. The molecule has 1 heterocycles. The topological polar surface area (TPSA) is 55.0 Å². The molecule has 0 aliphatic rings. The van der Waals surface area contributed by atoms with E-state index in [0.29, 0.717) is 12.4 Å². The Labute approximate surface area is 105 Å². The molecule has 0 atom stereocenters. The zero-order valence-electron chi connectivity index (χ0n) is 10.2. The van der Waals surface area contributed by atoms with Crippen molar-refractivity contribution >= 4 is 11.5 Å². The van der Waals surface area contributed by atoms with Gasteiger partial charge in [-0.3, -0.25) is 4.98 Å². The lowest BCUT2D eigenvalue weighted by molar-refractivity contribution is 0.627. The largest absolute Gasteiger partial charge is 0.382 e. The summed E-state index contributed by atoms with van der Waals surface area (Å²) in [5.41, 5.74) is 7.27. The molecule has 18 heavy (non-hydrogen) atoms. The Hall–Kier alpha value is -2.17. The number of aromatic nitrogens is 2. The molecule has 0 aliphatic carbocycles. The second kappa shape index (κ2) is 5.44. The molecule has 0 aliphatic heterocycles. The predicted molar refractivity (Wildman–Crippen MR) is 69.6 cm³/mol. The highest BCUT2D eigenvalue weighted by molar-refractivity contribution is 5.46. The van der Waals surface area contributed by atoms with Crippen LogP contribution in [0.2, 0.25) is 0 Å². The molecule has 2 N–H and O–H groups in total. The van der Waals surface area contributed by atoms with Gasteiger partial charge in [-0.25, -0.2) is 9.37 Å². The van der Waals surface area contributed by atoms with Gasteiger partial charge >= 0.3 is 0 Å². The van der Waals surface area contributed by atoms with Crippen molar-refractivity contribution in [1.29, 1.82) is 0 Å². The number of rotatable bonds is 4. The van der Waals surface area contributed by atoms with Crippen LogP contribution >= 0.6 is 0 Å². The summed E-state index contributed by atoms with van der Waals surface area (Å²) in [5.74, 6) is 0.172. The third-order valence-corrected chi connectivity index (χ3v) is 2.65. The molecule has 0 amide bonds. The first-order valence-corrected chi connectivity index (χ1v) is 5.76. The first kappa shape index (κ1) is 12.3. The number of hydrogen-bond donors (Lipinski definition) is 1. The lowest BCUT2D eigenvalue weighted by Crippen LogP contribution is -2.22. The Morgan fingerprint density at radius 1 is 1.17 bits per heavy atom. The molecular weight excluding hydrogens is 231 g/mol. The first-order chi connectivity index (χ1) is 8.69. The van der Waals surface area contributed by atoms with E-state index in [4.69, 9.17) is 5.73 Å². The maximum absolute atomic E-state index is 12.9. The average molecular weight is 246 g/mol. The molecule has 1 aromatic heterocycles. The summed E-state index contributed by atoms with van der Waals surface area (Å²) in [4.78, 5) is 10.3. The molecule has 4 nitrogen and oxygen atoms in total. The highest BCUT2D eigenvalue weighted by Gasteiger charge is 2.06. The van der Waals surface area contributed by atoms with Crippen molar-refractivity contribution in [3.8, 4) is 0 Å². The van der Waals surface area contributed by atoms with E-state index in [0.717, 1.165) is 17.9 Å². The van der Waals surface area contributed by atoms with Crippen molar-refractivity contribution in [2.24, 2.45) is 0 Å². The van der Waals surface area contributed by atoms with Crippen LogP contribution in [0.1, 0.15) is 12.6 Å². The van der Waals surface area contributed by atoms with Gasteiger partial charge in [0.2, 0.25) is 0 Å². The van der Waals surface area contributed by atoms with Gasteiger partial charge in [-0.15, -0.1) is 0 Å². The lowest BCUT2D eigenvalue weighted by atomic mass is 10.2. The summed E-state index contributed by atoms with van der Waals surface area (Å²) < 4.78 is 12.9. The van der Waals surface area contributed by atoms with Crippen LogP contribution in [0.25, 0.3) is 0 Å². The molecule has 0 bridgehead atoms. The van der Waals surface area contributed by atoms with Crippen molar-refractivity contribution in [1.82, 2.24) is 9.97 Å². The first-order valence-electron chi connectivity index (χ1n) is 5.76. The molecule has 2 rings (SSSR count). The van der Waals surface area contributed by atoms with Crippen LogP contribution in [0.3, 0.4) is 0 Å². The lowest BCUT2D eigenvalue weighted by Gasteiger charge is -2.22. The van der Waals surface area contributed by atoms with Crippen molar-refractivity contribution in [3.63, 3.8) is 0 Å². The van der Waals surface area contributed by atoms with Gasteiger partial charge < -0.3 is 10.6 Å². The van der Waals surface area contributed by atoms with E-state index >= 15 is 0 Å². The van der Waals surface area contributed by atoms with Gasteiger partial charge in [0.25, 0.3) is 0 Å². The smallest absolute Gasteiger partial charge is 0.141 e. The minimum absolute atomic E-state index is 0.234. The zero-order chi connectivity index (χ0) is 13.0. The summed E-state index contributed by atoms with van der Waals surface area (Å²) >= 11 is 0. The molecular formula is C13H15FN4. The number of anilines is 2. The number of hydrogen-bond acceptors (Lipinski definition) is 4. The fourth-order valence-electron chi connectivity index (χ4n) is 1.68. The van der Waals surface area contributed by atoms with E-state index in [-0.39, 0.29) is 5.82 Å². The number of nitrogens with zero attached hydrogens (tertiary/aromatic N) is 3. The van der Waals surface area contributed by atoms with E-state index in [2.05, 4.69) is 14.9 Å². The van der Waals surface area contributed by atoms with Crippen molar-refractivity contribution in [3.05, 3.63) is 48.2 Å². The maximum atomic E-state index is 12.9. The van der Waals surface area contributed by atoms with E-state index < -0.39 is 0 Å². The summed E-state index contributed by atoms with van der Waals surface area (Å²) in [5, 5.41) is 0. The van der Waals surface area contributed by atoms with Gasteiger partial charge in [-0.05, 0) is 31.2 Å². The molecule has 0 unspecified atom stereocenters. The predicted octanol–water partition coefficient (Wildman–Crippen LogP) is 2.22. The summed E-state index contributed by atoms with van der Waals surface area (Å²) in [6, 6.07) is 6.41. The molecule has 94 valence electrons. The molecule has 0 radical (unpaired) electrons. The Kier molecular flexibility index (Phi) is 3.72. The van der Waals surface area contributed by atoms with Crippen molar-refractivity contribution in [2.75, 3.05) is 17.2 Å².